The van der Waals surface area contributed by atoms with Crippen LogP contribution in [0.25, 0.3) is 0 Å². The van der Waals surface area contributed by atoms with Crippen LogP contribution in [0.3, 0.4) is 0 Å². The van der Waals surface area contributed by atoms with Gasteiger partial charge in [-0.25, -0.2) is 5.43 Å². The van der Waals surface area contributed by atoms with Gasteiger partial charge in [0.15, 0.2) is 0 Å². The summed E-state index contributed by atoms with van der Waals surface area (Å²) in [7, 11) is 1.62. The van der Waals surface area contributed by atoms with Gasteiger partial charge < -0.3 is 9.64 Å². The number of hydrogen-bond acceptors (Lipinski definition) is 4. The highest BCUT2D eigenvalue weighted by atomic mass is 16.5. The summed E-state index contributed by atoms with van der Waals surface area (Å²) in [5.74, 6) is 0.640. The molecule has 3 rings (SSSR count). The first-order chi connectivity index (χ1) is 11.8. The SMILES string of the molecule is COc1cccc(C=NNC(=O)CN2CCCc3ccccc32)c1. The van der Waals surface area contributed by atoms with Crippen molar-refractivity contribution in [3.8, 4) is 5.75 Å². The number of benzene rings is 2. The van der Waals surface area contributed by atoms with E-state index in [0.717, 1.165) is 36.4 Å². The number of fused-ring (bicyclic) bond motifs is 1. The lowest BCUT2D eigenvalue weighted by Gasteiger charge is -2.30. The van der Waals surface area contributed by atoms with E-state index in [4.69, 9.17) is 4.74 Å². The first-order valence-electron chi connectivity index (χ1n) is 8.05. The second kappa shape index (κ2) is 7.64. The topological polar surface area (TPSA) is 53.9 Å². The molecule has 2 aromatic carbocycles. The summed E-state index contributed by atoms with van der Waals surface area (Å²) in [5, 5.41) is 4.03. The number of ether oxygens (including phenoxy) is 1. The summed E-state index contributed by atoms with van der Waals surface area (Å²) < 4.78 is 5.16. The van der Waals surface area contributed by atoms with Crippen LogP contribution in [0, 0.1) is 0 Å². The number of methoxy groups -OCH3 is 1. The number of amides is 1. The summed E-state index contributed by atoms with van der Waals surface area (Å²) in [5.41, 5.74) is 5.92. The van der Waals surface area contributed by atoms with E-state index < -0.39 is 0 Å². The number of hydrazone groups is 1. The van der Waals surface area contributed by atoms with E-state index in [2.05, 4.69) is 27.6 Å². The number of para-hydroxylation sites is 1. The average molecular weight is 323 g/mol. The highest BCUT2D eigenvalue weighted by Crippen LogP contribution is 2.26. The predicted molar refractivity (Wildman–Crippen MR) is 95.7 cm³/mol. The average Bonchev–Trinajstić information content (AvgIpc) is 2.62. The van der Waals surface area contributed by atoms with Crippen molar-refractivity contribution in [2.75, 3.05) is 25.1 Å². The van der Waals surface area contributed by atoms with E-state index in [9.17, 15) is 4.79 Å². The van der Waals surface area contributed by atoms with Gasteiger partial charge in [0.1, 0.15) is 5.75 Å². The third-order valence-electron chi connectivity index (χ3n) is 4.04. The molecule has 0 spiro atoms. The van der Waals surface area contributed by atoms with E-state index in [1.807, 2.05) is 36.4 Å². The summed E-state index contributed by atoms with van der Waals surface area (Å²) in [6.07, 6.45) is 3.75. The molecule has 0 unspecified atom stereocenters. The molecule has 0 radical (unpaired) electrons. The monoisotopic (exact) mass is 323 g/mol. The van der Waals surface area contributed by atoms with Crippen molar-refractivity contribution in [2.45, 2.75) is 12.8 Å². The van der Waals surface area contributed by atoms with Crippen LogP contribution in [0.1, 0.15) is 17.5 Å². The van der Waals surface area contributed by atoms with Crippen LogP contribution in [0.5, 0.6) is 5.75 Å². The molecule has 1 aliphatic heterocycles. The number of nitrogens with one attached hydrogen (secondary N) is 1. The van der Waals surface area contributed by atoms with Crippen LogP contribution in [-0.2, 0) is 11.2 Å². The molecule has 1 heterocycles. The Morgan fingerprint density at radius 1 is 1.29 bits per heavy atom. The number of nitrogens with zero attached hydrogens (tertiary/aromatic N) is 2. The molecule has 2 aromatic rings. The Balaban J connectivity index is 1.57. The van der Waals surface area contributed by atoms with E-state index >= 15 is 0 Å². The van der Waals surface area contributed by atoms with Gasteiger partial charge in [0.05, 0.1) is 19.9 Å². The normalized spacial score (nSPS) is 13.6. The summed E-state index contributed by atoms with van der Waals surface area (Å²) in [4.78, 5) is 14.2. The van der Waals surface area contributed by atoms with Crippen molar-refractivity contribution in [2.24, 2.45) is 5.10 Å². The van der Waals surface area contributed by atoms with Crippen LogP contribution >= 0.6 is 0 Å². The highest BCUT2D eigenvalue weighted by Gasteiger charge is 2.18. The lowest BCUT2D eigenvalue weighted by molar-refractivity contribution is -0.119. The summed E-state index contributed by atoms with van der Waals surface area (Å²) in [6, 6.07) is 15.8. The third kappa shape index (κ3) is 3.93. The van der Waals surface area contributed by atoms with Gasteiger partial charge in [0.25, 0.3) is 5.91 Å². The van der Waals surface area contributed by atoms with Gasteiger partial charge in [0.2, 0.25) is 0 Å². The Bertz CT molecular complexity index is 743. The first kappa shape index (κ1) is 16.1. The van der Waals surface area contributed by atoms with Crippen molar-refractivity contribution in [3.05, 3.63) is 59.7 Å². The Morgan fingerprint density at radius 3 is 3.04 bits per heavy atom. The van der Waals surface area contributed by atoms with Gasteiger partial charge >= 0.3 is 0 Å². The number of hydrogen-bond donors (Lipinski definition) is 1. The van der Waals surface area contributed by atoms with Gasteiger partial charge in [-0.15, -0.1) is 0 Å². The number of aryl methyl sites for hydroxylation is 1. The van der Waals surface area contributed by atoms with Crippen LogP contribution in [0.15, 0.2) is 53.6 Å². The molecule has 0 aliphatic carbocycles. The molecular weight excluding hydrogens is 302 g/mol. The summed E-state index contributed by atoms with van der Waals surface area (Å²) >= 11 is 0. The number of carbonyl (C=O) groups is 1. The largest absolute Gasteiger partial charge is 0.497 e. The molecule has 0 saturated carbocycles. The molecule has 1 N–H and O–H groups in total. The predicted octanol–water partition coefficient (Wildman–Crippen LogP) is 2.60. The molecule has 0 atom stereocenters. The van der Waals surface area contributed by atoms with Gasteiger partial charge in [-0.05, 0) is 42.2 Å². The molecule has 1 aliphatic rings. The van der Waals surface area contributed by atoms with Gasteiger partial charge in [0, 0.05) is 12.2 Å². The second-order valence-corrected chi connectivity index (χ2v) is 5.72. The lowest BCUT2D eigenvalue weighted by atomic mass is 10.0. The minimum atomic E-state index is -0.120. The zero-order chi connectivity index (χ0) is 16.8. The van der Waals surface area contributed by atoms with E-state index in [-0.39, 0.29) is 5.91 Å². The first-order valence-corrected chi connectivity index (χ1v) is 8.05. The Morgan fingerprint density at radius 2 is 2.17 bits per heavy atom. The van der Waals surface area contributed by atoms with Crippen LogP contribution < -0.4 is 15.1 Å². The van der Waals surface area contributed by atoms with Crippen molar-refractivity contribution >= 4 is 17.8 Å². The maximum Gasteiger partial charge on any atom is 0.259 e. The quantitative estimate of drug-likeness (QED) is 0.680. The Labute approximate surface area is 141 Å². The fraction of sp³-hybridized carbons (Fsp3) is 0.263. The molecule has 5 heteroatoms. The smallest absolute Gasteiger partial charge is 0.259 e. The van der Waals surface area contributed by atoms with Gasteiger partial charge in [-0.1, -0.05) is 30.3 Å². The van der Waals surface area contributed by atoms with Crippen molar-refractivity contribution in [1.29, 1.82) is 0 Å². The Kier molecular flexibility index (Phi) is 5.11. The van der Waals surface area contributed by atoms with Crippen LogP contribution in [0.2, 0.25) is 0 Å². The molecule has 24 heavy (non-hydrogen) atoms. The minimum absolute atomic E-state index is 0.120. The van der Waals surface area contributed by atoms with Crippen LogP contribution in [0.4, 0.5) is 5.69 Å². The summed E-state index contributed by atoms with van der Waals surface area (Å²) in [6.45, 7) is 1.20. The third-order valence-corrected chi connectivity index (χ3v) is 4.04. The number of rotatable bonds is 5. The lowest BCUT2D eigenvalue weighted by Crippen LogP contribution is -2.38. The van der Waals surface area contributed by atoms with Crippen LogP contribution in [-0.4, -0.2) is 32.3 Å². The zero-order valence-electron chi connectivity index (χ0n) is 13.7. The fourth-order valence-corrected chi connectivity index (χ4v) is 2.89. The standard InChI is InChI=1S/C19H21N3O2/c1-24-17-9-4-6-15(12-17)13-20-21-19(23)14-22-11-5-8-16-7-2-3-10-18(16)22/h2-4,6-7,9-10,12-13H,5,8,11,14H2,1H3,(H,21,23). The molecule has 0 bridgehead atoms. The van der Waals surface area contributed by atoms with Crippen molar-refractivity contribution in [1.82, 2.24) is 5.43 Å². The van der Waals surface area contributed by atoms with Crippen molar-refractivity contribution < 1.29 is 9.53 Å². The van der Waals surface area contributed by atoms with E-state index in [0.29, 0.717) is 6.54 Å². The molecule has 1 amide bonds. The van der Waals surface area contributed by atoms with Gasteiger partial charge in [-0.3, -0.25) is 4.79 Å². The molecule has 0 fully saturated rings. The molecule has 5 nitrogen and oxygen atoms in total. The number of carbonyl (C=O) groups excluding carboxylic acids is 1. The maximum absolute atomic E-state index is 12.1. The minimum Gasteiger partial charge on any atom is -0.497 e. The maximum atomic E-state index is 12.1. The molecule has 0 aromatic heterocycles. The Hall–Kier alpha value is -2.82. The molecule has 0 saturated heterocycles. The second-order valence-electron chi connectivity index (χ2n) is 5.72. The van der Waals surface area contributed by atoms with Crippen molar-refractivity contribution in [3.63, 3.8) is 0 Å². The van der Waals surface area contributed by atoms with Gasteiger partial charge in [-0.2, -0.15) is 5.10 Å². The van der Waals surface area contributed by atoms with E-state index in [1.165, 1.54) is 5.56 Å². The fourth-order valence-electron chi connectivity index (χ4n) is 2.89. The van der Waals surface area contributed by atoms with E-state index in [1.54, 1.807) is 13.3 Å². The molecular formula is C19H21N3O2. The zero-order valence-corrected chi connectivity index (χ0v) is 13.7. The highest BCUT2D eigenvalue weighted by molar-refractivity contribution is 5.85. The molecule has 124 valence electrons. The number of anilines is 1.